The molecule has 1 aliphatic heterocycles. The van der Waals surface area contributed by atoms with E-state index in [4.69, 9.17) is 5.73 Å². The normalized spacial score (nSPS) is 19.9. The van der Waals surface area contributed by atoms with Crippen LogP contribution in [0, 0.1) is 3.57 Å². The van der Waals surface area contributed by atoms with Crippen LogP contribution in [0.5, 0.6) is 0 Å². The summed E-state index contributed by atoms with van der Waals surface area (Å²) in [6.45, 7) is 3.14. The molecule has 5 heteroatoms. The number of benzene rings is 1. The van der Waals surface area contributed by atoms with E-state index in [1.807, 2.05) is 10.9 Å². The molecule has 2 heterocycles. The Morgan fingerprint density at radius 3 is 2.79 bits per heavy atom. The Balaban J connectivity index is 1.66. The summed E-state index contributed by atoms with van der Waals surface area (Å²) in [6.07, 6.45) is 2.96. The summed E-state index contributed by atoms with van der Waals surface area (Å²) in [5.74, 6) is 0.798. The first-order chi connectivity index (χ1) is 9.24. The summed E-state index contributed by atoms with van der Waals surface area (Å²) in [5.41, 5.74) is 7.42. The average molecular weight is 368 g/mol. The summed E-state index contributed by atoms with van der Waals surface area (Å²) in [4.78, 5) is 2.47. The predicted octanol–water partition coefficient (Wildman–Crippen LogP) is 2.52. The number of aromatic nitrogens is 2. The Labute approximate surface area is 126 Å². The van der Waals surface area contributed by atoms with Crippen molar-refractivity contribution < 1.29 is 0 Å². The van der Waals surface area contributed by atoms with Gasteiger partial charge in [0.2, 0.25) is 0 Å². The zero-order valence-corrected chi connectivity index (χ0v) is 12.8. The number of hydrogen-bond acceptors (Lipinski definition) is 3. The van der Waals surface area contributed by atoms with Gasteiger partial charge in [0.25, 0.3) is 0 Å². The lowest BCUT2D eigenvalue weighted by molar-refractivity contribution is 0.312. The molecule has 100 valence electrons. The summed E-state index contributed by atoms with van der Waals surface area (Å²) >= 11 is 2.23. The Morgan fingerprint density at radius 1 is 1.32 bits per heavy atom. The zero-order chi connectivity index (χ0) is 13.2. The number of nitrogens with two attached hydrogens (primary N) is 1. The van der Waals surface area contributed by atoms with Crippen LogP contribution in [0.1, 0.15) is 18.0 Å². The fraction of sp³-hybridized carbons (Fsp3) is 0.357. The van der Waals surface area contributed by atoms with E-state index in [9.17, 15) is 0 Å². The van der Waals surface area contributed by atoms with Crippen LogP contribution < -0.4 is 5.73 Å². The van der Waals surface area contributed by atoms with Crippen molar-refractivity contribution in [2.75, 3.05) is 18.8 Å². The molecule has 1 saturated heterocycles. The highest BCUT2D eigenvalue weighted by molar-refractivity contribution is 14.1. The standard InChI is InChI=1S/C14H17IN4/c15-13-8-17-19(14(13)16)12-6-7-18(10-12)9-11-4-2-1-3-5-11/h1-5,8,12H,6-7,9-10,16H2. The molecule has 0 aliphatic carbocycles. The highest BCUT2D eigenvalue weighted by Crippen LogP contribution is 2.26. The molecule has 4 nitrogen and oxygen atoms in total. The van der Waals surface area contributed by atoms with Gasteiger partial charge in [-0.3, -0.25) is 4.90 Å². The van der Waals surface area contributed by atoms with Crippen molar-refractivity contribution in [3.05, 3.63) is 45.7 Å². The van der Waals surface area contributed by atoms with Crippen LogP contribution in [0.15, 0.2) is 36.5 Å². The van der Waals surface area contributed by atoms with E-state index in [0.717, 1.165) is 35.4 Å². The lowest BCUT2D eigenvalue weighted by Gasteiger charge is -2.16. The summed E-state index contributed by atoms with van der Waals surface area (Å²) < 4.78 is 3.02. The van der Waals surface area contributed by atoms with Crippen molar-refractivity contribution >= 4 is 28.4 Å². The van der Waals surface area contributed by atoms with E-state index in [2.05, 4.69) is 62.9 Å². The van der Waals surface area contributed by atoms with Crippen molar-refractivity contribution in [2.24, 2.45) is 0 Å². The largest absolute Gasteiger partial charge is 0.383 e. The van der Waals surface area contributed by atoms with E-state index in [-0.39, 0.29) is 0 Å². The number of halogens is 1. The maximum Gasteiger partial charge on any atom is 0.135 e. The molecule has 0 amide bonds. The Hall–Kier alpha value is -1.08. The maximum absolute atomic E-state index is 6.05. The number of likely N-dealkylation sites (tertiary alicyclic amines) is 1. The second kappa shape index (κ2) is 5.50. The van der Waals surface area contributed by atoms with Crippen molar-refractivity contribution in [3.63, 3.8) is 0 Å². The third-order valence-corrected chi connectivity index (χ3v) is 4.46. The Bertz CT molecular complexity index is 552. The predicted molar refractivity (Wildman–Crippen MR) is 84.7 cm³/mol. The van der Waals surface area contributed by atoms with Gasteiger partial charge in [-0.15, -0.1) is 0 Å². The third kappa shape index (κ3) is 2.76. The van der Waals surface area contributed by atoms with Crippen LogP contribution in [0.2, 0.25) is 0 Å². The molecule has 1 aromatic heterocycles. The third-order valence-electron chi connectivity index (χ3n) is 3.63. The number of rotatable bonds is 3. The van der Waals surface area contributed by atoms with E-state index < -0.39 is 0 Å². The minimum Gasteiger partial charge on any atom is -0.383 e. The van der Waals surface area contributed by atoms with Gasteiger partial charge in [0.15, 0.2) is 0 Å². The molecule has 1 atom stereocenters. The molecule has 0 bridgehead atoms. The van der Waals surface area contributed by atoms with Crippen LogP contribution in [-0.4, -0.2) is 27.8 Å². The van der Waals surface area contributed by atoms with Crippen LogP contribution in [0.4, 0.5) is 5.82 Å². The van der Waals surface area contributed by atoms with Gasteiger partial charge in [-0.25, -0.2) is 4.68 Å². The average Bonchev–Trinajstić information content (AvgIpc) is 3.00. The van der Waals surface area contributed by atoms with Crippen molar-refractivity contribution in [1.82, 2.24) is 14.7 Å². The summed E-state index contributed by atoms with van der Waals surface area (Å²) in [6, 6.07) is 11.0. The maximum atomic E-state index is 6.05. The number of anilines is 1. The molecule has 1 fully saturated rings. The van der Waals surface area contributed by atoms with Crippen LogP contribution in [0.25, 0.3) is 0 Å². The van der Waals surface area contributed by atoms with Gasteiger partial charge < -0.3 is 5.73 Å². The SMILES string of the molecule is Nc1c(I)cnn1C1CCN(Cc2ccccc2)C1. The van der Waals surface area contributed by atoms with Crippen LogP contribution in [-0.2, 0) is 6.54 Å². The molecule has 2 aromatic rings. The number of nitrogen functional groups attached to an aromatic ring is 1. The smallest absolute Gasteiger partial charge is 0.135 e. The topological polar surface area (TPSA) is 47.1 Å². The number of nitrogens with zero attached hydrogens (tertiary/aromatic N) is 3. The van der Waals surface area contributed by atoms with Gasteiger partial charge in [-0.1, -0.05) is 30.3 Å². The highest BCUT2D eigenvalue weighted by atomic mass is 127. The van der Waals surface area contributed by atoms with Crippen molar-refractivity contribution in [3.8, 4) is 0 Å². The van der Waals surface area contributed by atoms with Gasteiger partial charge in [0.05, 0.1) is 15.8 Å². The van der Waals surface area contributed by atoms with Gasteiger partial charge in [-0.2, -0.15) is 5.10 Å². The molecule has 3 rings (SSSR count). The van der Waals surface area contributed by atoms with E-state index in [1.54, 1.807) is 0 Å². The Morgan fingerprint density at radius 2 is 2.11 bits per heavy atom. The first-order valence-corrected chi connectivity index (χ1v) is 7.56. The second-order valence-electron chi connectivity index (χ2n) is 4.99. The molecular formula is C14H17IN4. The van der Waals surface area contributed by atoms with Gasteiger partial charge in [0, 0.05) is 19.6 Å². The fourth-order valence-corrected chi connectivity index (χ4v) is 3.01. The minimum absolute atomic E-state index is 0.409. The molecule has 1 unspecified atom stereocenters. The molecule has 2 N–H and O–H groups in total. The van der Waals surface area contributed by atoms with Gasteiger partial charge >= 0.3 is 0 Å². The fourth-order valence-electron chi connectivity index (χ4n) is 2.64. The first-order valence-electron chi connectivity index (χ1n) is 6.49. The zero-order valence-electron chi connectivity index (χ0n) is 10.7. The molecular weight excluding hydrogens is 351 g/mol. The Kier molecular flexibility index (Phi) is 3.74. The first kappa shape index (κ1) is 12.9. The van der Waals surface area contributed by atoms with Gasteiger partial charge in [-0.05, 0) is 34.6 Å². The summed E-state index contributed by atoms with van der Waals surface area (Å²) in [7, 11) is 0. The molecule has 0 radical (unpaired) electrons. The lowest BCUT2D eigenvalue weighted by Crippen LogP contribution is -2.22. The van der Waals surface area contributed by atoms with Gasteiger partial charge in [0.1, 0.15) is 5.82 Å². The van der Waals surface area contributed by atoms with Crippen LogP contribution >= 0.6 is 22.6 Å². The molecule has 0 spiro atoms. The minimum atomic E-state index is 0.409. The molecule has 0 saturated carbocycles. The van der Waals surface area contributed by atoms with E-state index >= 15 is 0 Å². The molecule has 1 aromatic carbocycles. The monoisotopic (exact) mass is 368 g/mol. The van der Waals surface area contributed by atoms with E-state index in [1.165, 1.54) is 5.56 Å². The molecule has 1 aliphatic rings. The quantitative estimate of drug-likeness (QED) is 0.847. The summed E-state index contributed by atoms with van der Waals surface area (Å²) in [5, 5.41) is 4.40. The van der Waals surface area contributed by atoms with E-state index in [0.29, 0.717) is 6.04 Å². The van der Waals surface area contributed by atoms with Crippen molar-refractivity contribution in [2.45, 2.75) is 19.0 Å². The second-order valence-corrected chi connectivity index (χ2v) is 6.15. The van der Waals surface area contributed by atoms with Crippen LogP contribution in [0.3, 0.4) is 0 Å². The number of hydrogen-bond donors (Lipinski definition) is 1. The van der Waals surface area contributed by atoms with Crippen molar-refractivity contribution in [1.29, 1.82) is 0 Å². The highest BCUT2D eigenvalue weighted by Gasteiger charge is 2.26. The molecule has 19 heavy (non-hydrogen) atoms. The lowest BCUT2D eigenvalue weighted by atomic mass is 10.2.